The van der Waals surface area contributed by atoms with E-state index in [9.17, 15) is 10.2 Å². The molecule has 0 aliphatic carbocycles. The standard InChI is InChI=1S/C8H16O5S/c1-2-12-8-7(14)6(11)5(10)4(3-9)13-8/h4-11,14H,2-3H2,1H3/t4-,5+,6+,7-,8?/m1/s1. The van der Waals surface area contributed by atoms with Gasteiger partial charge in [-0.3, -0.25) is 0 Å². The van der Waals surface area contributed by atoms with Crippen LogP contribution in [0, 0.1) is 0 Å². The fourth-order valence-electron chi connectivity index (χ4n) is 1.37. The van der Waals surface area contributed by atoms with Crippen molar-refractivity contribution in [3.63, 3.8) is 0 Å². The van der Waals surface area contributed by atoms with Crippen LogP contribution in [0.25, 0.3) is 0 Å². The molecule has 1 unspecified atom stereocenters. The van der Waals surface area contributed by atoms with E-state index in [1.54, 1.807) is 6.92 Å². The normalized spacial score (nSPS) is 43.9. The van der Waals surface area contributed by atoms with E-state index in [1.165, 1.54) is 0 Å². The Balaban J connectivity index is 2.63. The molecule has 3 N–H and O–H groups in total. The molecule has 14 heavy (non-hydrogen) atoms. The van der Waals surface area contributed by atoms with E-state index in [2.05, 4.69) is 12.6 Å². The molecule has 1 saturated heterocycles. The third-order valence-corrected chi connectivity index (χ3v) is 2.73. The molecule has 0 radical (unpaired) electrons. The van der Waals surface area contributed by atoms with E-state index in [1.807, 2.05) is 0 Å². The zero-order valence-corrected chi connectivity index (χ0v) is 8.80. The molecule has 1 aliphatic heterocycles. The first kappa shape index (κ1) is 12.2. The molecule has 0 amide bonds. The molecule has 0 aromatic rings. The van der Waals surface area contributed by atoms with Crippen LogP contribution in [0.2, 0.25) is 0 Å². The van der Waals surface area contributed by atoms with Crippen molar-refractivity contribution in [2.24, 2.45) is 0 Å². The highest BCUT2D eigenvalue weighted by molar-refractivity contribution is 7.81. The van der Waals surface area contributed by atoms with Crippen molar-refractivity contribution in [2.75, 3.05) is 13.2 Å². The molecule has 84 valence electrons. The zero-order valence-electron chi connectivity index (χ0n) is 7.91. The molecule has 5 atom stereocenters. The van der Waals surface area contributed by atoms with Crippen molar-refractivity contribution in [3.05, 3.63) is 0 Å². The summed E-state index contributed by atoms with van der Waals surface area (Å²) in [5.74, 6) is 0. The quantitative estimate of drug-likeness (QED) is 0.451. The Morgan fingerprint density at radius 2 is 2.00 bits per heavy atom. The van der Waals surface area contributed by atoms with Gasteiger partial charge in [-0.25, -0.2) is 0 Å². The summed E-state index contributed by atoms with van der Waals surface area (Å²) in [5, 5.41) is 27.3. The number of aliphatic hydroxyl groups is 3. The Labute approximate surface area is 88.1 Å². The Morgan fingerprint density at radius 1 is 1.36 bits per heavy atom. The van der Waals surface area contributed by atoms with Crippen LogP contribution < -0.4 is 0 Å². The largest absolute Gasteiger partial charge is 0.394 e. The minimum Gasteiger partial charge on any atom is -0.394 e. The smallest absolute Gasteiger partial charge is 0.172 e. The lowest BCUT2D eigenvalue weighted by molar-refractivity contribution is -0.250. The van der Waals surface area contributed by atoms with Crippen LogP contribution in [-0.2, 0) is 9.47 Å². The second-order valence-corrected chi connectivity index (χ2v) is 3.75. The van der Waals surface area contributed by atoms with Gasteiger partial charge in [-0.1, -0.05) is 0 Å². The van der Waals surface area contributed by atoms with Gasteiger partial charge in [0.05, 0.1) is 18.0 Å². The Bertz CT molecular complexity index is 175. The van der Waals surface area contributed by atoms with Crippen LogP contribution in [0.15, 0.2) is 0 Å². The summed E-state index contributed by atoms with van der Waals surface area (Å²) >= 11 is 4.08. The van der Waals surface area contributed by atoms with Crippen LogP contribution in [-0.4, -0.2) is 58.4 Å². The van der Waals surface area contributed by atoms with Crippen molar-refractivity contribution in [1.82, 2.24) is 0 Å². The molecule has 1 heterocycles. The minimum absolute atomic E-state index is 0.359. The molecule has 0 aromatic heterocycles. The van der Waals surface area contributed by atoms with Crippen LogP contribution in [0.3, 0.4) is 0 Å². The summed E-state index contributed by atoms with van der Waals surface area (Å²) in [6.45, 7) is 1.85. The van der Waals surface area contributed by atoms with Crippen LogP contribution in [0.1, 0.15) is 6.92 Å². The average molecular weight is 224 g/mol. The summed E-state index contributed by atoms with van der Waals surface area (Å²) in [5.41, 5.74) is 0. The molecule has 0 spiro atoms. The van der Waals surface area contributed by atoms with Gasteiger partial charge in [0.15, 0.2) is 6.29 Å². The second kappa shape index (κ2) is 5.29. The van der Waals surface area contributed by atoms with Gasteiger partial charge in [0.1, 0.15) is 12.2 Å². The molecule has 1 aliphatic rings. The summed E-state index contributed by atoms with van der Waals surface area (Å²) in [6.07, 6.45) is -3.69. The number of hydrogen-bond donors (Lipinski definition) is 4. The second-order valence-electron chi connectivity index (χ2n) is 3.15. The molecule has 0 bridgehead atoms. The number of aliphatic hydroxyl groups excluding tert-OH is 3. The van der Waals surface area contributed by atoms with Gasteiger partial charge in [-0.2, -0.15) is 12.6 Å². The van der Waals surface area contributed by atoms with E-state index in [-0.39, 0.29) is 6.61 Å². The molecule has 0 saturated carbocycles. The topological polar surface area (TPSA) is 79.2 Å². The third kappa shape index (κ3) is 2.39. The van der Waals surface area contributed by atoms with Gasteiger partial charge >= 0.3 is 0 Å². The van der Waals surface area contributed by atoms with Crippen molar-refractivity contribution < 1.29 is 24.8 Å². The van der Waals surface area contributed by atoms with E-state index >= 15 is 0 Å². The maximum atomic E-state index is 9.55. The fraction of sp³-hybridized carbons (Fsp3) is 1.00. The molecule has 1 rings (SSSR count). The maximum absolute atomic E-state index is 9.55. The highest BCUT2D eigenvalue weighted by Crippen LogP contribution is 2.25. The van der Waals surface area contributed by atoms with Gasteiger partial charge < -0.3 is 24.8 Å². The zero-order chi connectivity index (χ0) is 10.7. The Morgan fingerprint density at radius 3 is 2.50 bits per heavy atom. The molecule has 5 nitrogen and oxygen atoms in total. The number of thiol groups is 1. The molecule has 6 heteroatoms. The number of ether oxygens (including phenoxy) is 2. The third-order valence-electron chi connectivity index (χ3n) is 2.18. The monoisotopic (exact) mass is 224 g/mol. The van der Waals surface area contributed by atoms with Crippen molar-refractivity contribution in [1.29, 1.82) is 0 Å². The predicted octanol–water partition coefficient (Wildman–Crippen LogP) is -1.24. The minimum atomic E-state index is -1.13. The van der Waals surface area contributed by atoms with Gasteiger partial charge in [-0.15, -0.1) is 0 Å². The van der Waals surface area contributed by atoms with Crippen LogP contribution in [0.4, 0.5) is 0 Å². The first-order chi connectivity index (χ1) is 6.61. The van der Waals surface area contributed by atoms with Gasteiger partial charge in [0, 0.05) is 6.61 Å². The van der Waals surface area contributed by atoms with E-state index in [0.717, 1.165) is 0 Å². The number of rotatable bonds is 3. The van der Waals surface area contributed by atoms with Crippen LogP contribution in [0.5, 0.6) is 0 Å². The maximum Gasteiger partial charge on any atom is 0.172 e. The van der Waals surface area contributed by atoms with Crippen molar-refractivity contribution >= 4 is 12.6 Å². The van der Waals surface area contributed by atoms with Gasteiger partial charge in [-0.05, 0) is 6.92 Å². The Hall–Kier alpha value is 0.150. The molecule has 1 fully saturated rings. The van der Waals surface area contributed by atoms with E-state index in [0.29, 0.717) is 6.61 Å². The highest BCUT2D eigenvalue weighted by atomic mass is 32.1. The van der Waals surface area contributed by atoms with Gasteiger partial charge in [0.2, 0.25) is 0 Å². The first-order valence-electron chi connectivity index (χ1n) is 4.54. The first-order valence-corrected chi connectivity index (χ1v) is 5.05. The number of hydrogen-bond acceptors (Lipinski definition) is 6. The lowest BCUT2D eigenvalue weighted by atomic mass is 10.0. The fourth-order valence-corrected chi connectivity index (χ4v) is 1.70. The lowest BCUT2D eigenvalue weighted by Gasteiger charge is -2.39. The molecular formula is C8H16O5S. The summed E-state index contributed by atoms with van der Waals surface area (Å²) in [6, 6.07) is 0. The van der Waals surface area contributed by atoms with E-state index < -0.39 is 29.9 Å². The average Bonchev–Trinajstić information content (AvgIpc) is 2.19. The van der Waals surface area contributed by atoms with Crippen molar-refractivity contribution in [2.45, 2.75) is 36.8 Å². The lowest BCUT2D eigenvalue weighted by Crippen LogP contribution is -2.57. The summed E-state index contributed by atoms with van der Waals surface area (Å²) in [7, 11) is 0. The van der Waals surface area contributed by atoms with Crippen molar-refractivity contribution in [3.8, 4) is 0 Å². The Kier molecular flexibility index (Phi) is 4.62. The predicted molar refractivity (Wildman–Crippen MR) is 52.2 cm³/mol. The summed E-state index contributed by atoms with van der Waals surface area (Å²) < 4.78 is 10.4. The molecule has 0 aromatic carbocycles. The SMILES string of the molecule is CCOC1O[C@H](CO)[C@H](O)[C@H](O)[C@H]1S. The van der Waals surface area contributed by atoms with Crippen LogP contribution >= 0.6 is 12.6 Å². The van der Waals surface area contributed by atoms with E-state index in [4.69, 9.17) is 14.6 Å². The highest BCUT2D eigenvalue weighted by Gasteiger charge is 2.42. The summed E-state index contributed by atoms with van der Waals surface area (Å²) in [4.78, 5) is 0. The molecular weight excluding hydrogens is 208 g/mol. The van der Waals surface area contributed by atoms with Gasteiger partial charge in [0.25, 0.3) is 0 Å².